The van der Waals surface area contributed by atoms with Gasteiger partial charge >= 0.3 is 6.03 Å². The summed E-state index contributed by atoms with van der Waals surface area (Å²) in [6, 6.07) is 4.08. The fraction of sp³-hybridized carbons (Fsp3) is 0.667. The lowest BCUT2D eigenvalue weighted by molar-refractivity contribution is -0.123. The average molecular weight is 331 g/mol. The third kappa shape index (κ3) is 3.01. The number of hydrogen-bond acceptors (Lipinski definition) is 3. The molecule has 6 nitrogen and oxygen atoms in total. The molecular weight excluding hydrogens is 306 g/mol. The van der Waals surface area contributed by atoms with Crippen LogP contribution in [0.1, 0.15) is 44.3 Å². The number of amides is 3. The molecule has 0 bridgehead atoms. The van der Waals surface area contributed by atoms with E-state index in [0.717, 1.165) is 38.0 Å². The van der Waals surface area contributed by atoms with Crippen molar-refractivity contribution in [2.45, 2.75) is 51.1 Å². The molecule has 2 saturated carbocycles. The normalized spacial score (nSPS) is 29.2. The smallest absolute Gasteiger partial charge is 0.317 e. The Bertz CT molecular complexity index is 609. The molecule has 6 heteroatoms. The Morgan fingerprint density at radius 1 is 1.33 bits per heavy atom. The van der Waals surface area contributed by atoms with Gasteiger partial charge in [-0.2, -0.15) is 0 Å². The van der Waals surface area contributed by atoms with Crippen LogP contribution in [0.5, 0.6) is 0 Å². The van der Waals surface area contributed by atoms with Crippen molar-refractivity contribution < 1.29 is 14.0 Å². The fourth-order valence-electron chi connectivity index (χ4n) is 4.29. The molecule has 1 aromatic rings. The molecular formula is C18H25N3O3. The van der Waals surface area contributed by atoms with E-state index in [-0.39, 0.29) is 23.3 Å². The molecule has 2 aliphatic carbocycles. The van der Waals surface area contributed by atoms with Crippen LogP contribution in [0.25, 0.3) is 0 Å². The van der Waals surface area contributed by atoms with Crippen molar-refractivity contribution in [3.05, 3.63) is 24.2 Å². The molecule has 130 valence electrons. The predicted molar refractivity (Wildman–Crippen MR) is 88.1 cm³/mol. The summed E-state index contributed by atoms with van der Waals surface area (Å²) in [5, 5.41) is 6.10. The second kappa shape index (κ2) is 6.15. The zero-order valence-corrected chi connectivity index (χ0v) is 13.9. The Kier molecular flexibility index (Phi) is 3.98. The monoisotopic (exact) mass is 331 g/mol. The highest BCUT2D eigenvalue weighted by Gasteiger charge is 2.61. The zero-order chi connectivity index (χ0) is 16.6. The second-order valence-electron chi connectivity index (χ2n) is 7.52. The summed E-state index contributed by atoms with van der Waals surface area (Å²) in [4.78, 5) is 26.6. The molecule has 24 heavy (non-hydrogen) atoms. The first-order valence-corrected chi connectivity index (χ1v) is 9.02. The van der Waals surface area contributed by atoms with Crippen LogP contribution in [-0.4, -0.2) is 36.0 Å². The maximum Gasteiger partial charge on any atom is 0.317 e. The molecule has 0 aromatic carbocycles. The van der Waals surface area contributed by atoms with Crippen molar-refractivity contribution in [3.63, 3.8) is 0 Å². The molecule has 2 atom stereocenters. The van der Waals surface area contributed by atoms with Gasteiger partial charge in [0.2, 0.25) is 5.91 Å². The Labute approximate surface area is 142 Å². The van der Waals surface area contributed by atoms with Crippen LogP contribution < -0.4 is 10.6 Å². The van der Waals surface area contributed by atoms with Crippen LogP contribution in [0.2, 0.25) is 0 Å². The largest absolute Gasteiger partial charge is 0.467 e. The fourth-order valence-corrected chi connectivity index (χ4v) is 4.29. The summed E-state index contributed by atoms with van der Waals surface area (Å²) < 4.78 is 5.24. The topological polar surface area (TPSA) is 74.6 Å². The molecule has 1 aromatic heterocycles. The third-order valence-electron chi connectivity index (χ3n) is 5.88. The average Bonchev–Trinajstić information content (AvgIpc) is 3.07. The van der Waals surface area contributed by atoms with Crippen molar-refractivity contribution >= 4 is 11.9 Å². The van der Waals surface area contributed by atoms with E-state index in [1.807, 2.05) is 17.0 Å². The molecule has 2 heterocycles. The number of rotatable bonds is 4. The van der Waals surface area contributed by atoms with E-state index in [0.29, 0.717) is 19.1 Å². The standard InChI is InChI=1S/C18H25N3O3/c22-16(19-11-14-6-3-9-24-14)15-10-18(15)7-8-21(12-18)17(23)20-13-4-1-2-5-13/h3,6,9,13,15H,1-2,4-5,7-8,10-12H2,(H,19,22)(H,20,23). The van der Waals surface area contributed by atoms with E-state index >= 15 is 0 Å². The molecule has 3 amide bonds. The van der Waals surface area contributed by atoms with Crippen LogP contribution in [0, 0.1) is 11.3 Å². The molecule has 2 unspecified atom stereocenters. The molecule has 1 aliphatic heterocycles. The zero-order valence-electron chi connectivity index (χ0n) is 13.9. The lowest BCUT2D eigenvalue weighted by Crippen LogP contribution is -2.43. The van der Waals surface area contributed by atoms with Crippen molar-refractivity contribution in [2.75, 3.05) is 13.1 Å². The summed E-state index contributed by atoms with van der Waals surface area (Å²) >= 11 is 0. The van der Waals surface area contributed by atoms with Gasteiger partial charge in [0.05, 0.1) is 12.8 Å². The minimum Gasteiger partial charge on any atom is -0.467 e. The minimum atomic E-state index is 0.0142. The summed E-state index contributed by atoms with van der Waals surface area (Å²) in [6.45, 7) is 1.91. The first kappa shape index (κ1) is 15.5. The highest BCUT2D eigenvalue weighted by Crippen LogP contribution is 2.58. The van der Waals surface area contributed by atoms with Gasteiger partial charge in [0.1, 0.15) is 5.76 Å². The summed E-state index contributed by atoms with van der Waals surface area (Å²) in [5.41, 5.74) is 0.0142. The van der Waals surface area contributed by atoms with E-state index < -0.39 is 0 Å². The Balaban J connectivity index is 1.25. The van der Waals surface area contributed by atoms with Crippen LogP contribution >= 0.6 is 0 Å². The number of urea groups is 1. The molecule has 4 rings (SSSR count). The van der Waals surface area contributed by atoms with Crippen LogP contribution in [-0.2, 0) is 11.3 Å². The molecule has 2 N–H and O–H groups in total. The summed E-state index contributed by atoms with van der Waals surface area (Å²) in [6.07, 6.45) is 8.07. The number of likely N-dealkylation sites (tertiary alicyclic amines) is 1. The Hall–Kier alpha value is -1.98. The maximum atomic E-state index is 12.4. The number of carbonyl (C=O) groups excluding carboxylic acids is 2. The Morgan fingerprint density at radius 2 is 2.17 bits per heavy atom. The quantitative estimate of drug-likeness (QED) is 0.889. The van der Waals surface area contributed by atoms with Gasteiger partial charge < -0.3 is 20.0 Å². The van der Waals surface area contributed by atoms with Crippen LogP contribution in [0.4, 0.5) is 4.79 Å². The van der Waals surface area contributed by atoms with Gasteiger partial charge in [0, 0.05) is 30.5 Å². The molecule has 1 saturated heterocycles. The molecule has 3 fully saturated rings. The maximum absolute atomic E-state index is 12.4. The number of carbonyl (C=O) groups is 2. The summed E-state index contributed by atoms with van der Waals surface area (Å²) in [5.74, 6) is 0.892. The number of nitrogens with one attached hydrogen (secondary N) is 2. The van der Waals surface area contributed by atoms with Crippen molar-refractivity contribution in [1.29, 1.82) is 0 Å². The van der Waals surface area contributed by atoms with Gasteiger partial charge in [-0.1, -0.05) is 12.8 Å². The highest BCUT2D eigenvalue weighted by molar-refractivity contribution is 5.83. The van der Waals surface area contributed by atoms with Gasteiger partial charge in [-0.05, 0) is 37.8 Å². The highest BCUT2D eigenvalue weighted by atomic mass is 16.3. The number of furan rings is 1. The summed E-state index contributed by atoms with van der Waals surface area (Å²) in [7, 11) is 0. The second-order valence-corrected chi connectivity index (χ2v) is 7.52. The number of hydrogen-bond donors (Lipinski definition) is 2. The third-order valence-corrected chi connectivity index (χ3v) is 5.88. The van der Waals surface area contributed by atoms with Crippen molar-refractivity contribution in [3.8, 4) is 0 Å². The first-order valence-electron chi connectivity index (χ1n) is 9.02. The predicted octanol–water partition coefficient (Wildman–Crippen LogP) is 2.26. The Morgan fingerprint density at radius 3 is 2.92 bits per heavy atom. The van der Waals surface area contributed by atoms with E-state index in [4.69, 9.17) is 4.42 Å². The van der Waals surface area contributed by atoms with E-state index in [9.17, 15) is 9.59 Å². The van der Waals surface area contributed by atoms with Gasteiger partial charge in [-0.25, -0.2) is 4.79 Å². The number of nitrogens with zero attached hydrogens (tertiary/aromatic N) is 1. The van der Waals surface area contributed by atoms with Crippen molar-refractivity contribution in [1.82, 2.24) is 15.5 Å². The van der Waals surface area contributed by atoms with E-state index in [1.165, 1.54) is 12.8 Å². The molecule has 1 spiro atoms. The van der Waals surface area contributed by atoms with Gasteiger partial charge in [-0.15, -0.1) is 0 Å². The van der Waals surface area contributed by atoms with Gasteiger partial charge in [0.25, 0.3) is 0 Å². The molecule has 3 aliphatic rings. The van der Waals surface area contributed by atoms with E-state index in [1.54, 1.807) is 6.26 Å². The first-order chi connectivity index (χ1) is 11.7. The van der Waals surface area contributed by atoms with Crippen LogP contribution in [0.15, 0.2) is 22.8 Å². The minimum absolute atomic E-state index is 0.0142. The lowest BCUT2D eigenvalue weighted by Gasteiger charge is -2.20. The van der Waals surface area contributed by atoms with E-state index in [2.05, 4.69) is 10.6 Å². The van der Waals surface area contributed by atoms with Crippen molar-refractivity contribution in [2.24, 2.45) is 11.3 Å². The molecule has 0 radical (unpaired) electrons. The van der Waals surface area contributed by atoms with Gasteiger partial charge in [0.15, 0.2) is 0 Å². The van der Waals surface area contributed by atoms with Gasteiger partial charge in [-0.3, -0.25) is 4.79 Å². The van der Waals surface area contributed by atoms with Crippen LogP contribution in [0.3, 0.4) is 0 Å². The SMILES string of the molecule is O=C(NCc1ccco1)C1CC12CCN(C(=O)NC1CCCC1)C2. The lowest BCUT2D eigenvalue weighted by atomic mass is 10.0.